The van der Waals surface area contributed by atoms with Crippen LogP contribution in [0.25, 0.3) is 0 Å². The molecular weight excluding hydrogens is 248 g/mol. The first-order valence-electron chi connectivity index (χ1n) is 8.64. The third-order valence-electron chi connectivity index (χ3n) is 7.76. The van der Waals surface area contributed by atoms with Crippen molar-refractivity contribution in [3.63, 3.8) is 0 Å². The molecule has 0 aromatic rings. The standard InChI is InChI=1S/C18H26O2/c1-2-18(10-20)9-13-8-15(18)17-12-6-11(4-3-5-19)14(7-12)16(13)17/h5,10-17H,2-4,6-9H2,1H3. The number of carbonyl (C=O) groups is 2. The summed E-state index contributed by atoms with van der Waals surface area (Å²) in [5.74, 6) is 5.87. The summed E-state index contributed by atoms with van der Waals surface area (Å²) < 4.78 is 0. The average Bonchev–Trinajstić information content (AvgIpc) is 3.20. The number of aldehydes is 2. The highest BCUT2D eigenvalue weighted by Gasteiger charge is 2.67. The molecule has 0 heterocycles. The second-order valence-electron chi connectivity index (χ2n) is 8.07. The Morgan fingerprint density at radius 2 is 1.95 bits per heavy atom. The van der Waals surface area contributed by atoms with E-state index in [9.17, 15) is 9.59 Å². The van der Waals surface area contributed by atoms with Crippen LogP contribution in [0.2, 0.25) is 0 Å². The summed E-state index contributed by atoms with van der Waals surface area (Å²) in [6.45, 7) is 2.21. The van der Waals surface area contributed by atoms with Crippen LogP contribution in [-0.4, -0.2) is 12.6 Å². The van der Waals surface area contributed by atoms with E-state index in [4.69, 9.17) is 0 Å². The lowest BCUT2D eigenvalue weighted by Gasteiger charge is -2.45. The normalized spacial score (nSPS) is 55.1. The molecule has 0 N–H and O–H groups in total. The Balaban J connectivity index is 1.56. The molecule has 0 saturated heterocycles. The maximum Gasteiger partial charge on any atom is 0.126 e. The van der Waals surface area contributed by atoms with Gasteiger partial charge in [0.05, 0.1) is 0 Å². The molecule has 4 rings (SSSR count). The summed E-state index contributed by atoms with van der Waals surface area (Å²) >= 11 is 0. The average molecular weight is 274 g/mol. The van der Waals surface area contributed by atoms with Crippen LogP contribution in [0, 0.1) is 46.8 Å². The zero-order chi connectivity index (χ0) is 13.9. The molecule has 0 aromatic carbocycles. The van der Waals surface area contributed by atoms with Crippen molar-refractivity contribution >= 4 is 12.6 Å². The van der Waals surface area contributed by atoms with Crippen LogP contribution in [0.5, 0.6) is 0 Å². The first-order valence-corrected chi connectivity index (χ1v) is 8.64. The fourth-order valence-corrected chi connectivity index (χ4v) is 7.20. The molecule has 4 aliphatic rings. The highest BCUT2D eigenvalue weighted by Crippen LogP contribution is 2.73. The van der Waals surface area contributed by atoms with E-state index in [-0.39, 0.29) is 5.41 Å². The molecule has 0 amide bonds. The van der Waals surface area contributed by atoms with Gasteiger partial charge in [0.1, 0.15) is 12.6 Å². The zero-order valence-corrected chi connectivity index (χ0v) is 12.5. The van der Waals surface area contributed by atoms with E-state index >= 15 is 0 Å². The van der Waals surface area contributed by atoms with Gasteiger partial charge in [0, 0.05) is 11.8 Å². The molecule has 4 saturated carbocycles. The van der Waals surface area contributed by atoms with Crippen LogP contribution in [0.3, 0.4) is 0 Å². The van der Waals surface area contributed by atoms with Crippen molar-refractivity contribution in [1.82, 2.24) is 0 Å². The van der Waals surface area contributed by atoms with Crippen LogP contribution in [0.1, 0.15) is 51.9 Å². The van der Waals surface area contributed by atoms with Gasteiger partial charge >= 0.3 is 0 Å². The van der Waals surface area contributed by atoms with Gasteiger partial charge in [-0.15, -0.1) is 0 Å². The van der Waals surface area contributed by atoms with E-state index < -0.39 is 0 Å². The third kappa shape index (κ3) is 1.46. The lowest BCUT2D eigenvalue weighted by molar-refractivity contribution is -0.122. The molecule has 2 heteroatoms. The summed E-state index contributed by atoms with van der Waals surface area (Å²) in [6, 6.07) is 0. The quantitative estimate of drug-likeness (QED) is 0.568. The fourth-order valence-electron chi connectivity index (χ4n) is 7.20. The Kier molecular flexibility index (Phi) is 2.88. The lowest BCUT2D eigenvalue weighted by atomic mass is 9.59. The van der Waals surface area contributed by atoms with E-state index in [1.54, 1.807) is 0 Å². The predicted molar refractivity (Wildman–Crippen MR) is 77.0 cm³/mol. The Morgan fingerprint density at radius 1 is 1.10 bits per heavy atom. The fraction of sp³-hybridized carbons (Fsp3) is 0.889. The van der Waals surface area contributed by atoms with Crippen molar-refractivity contribution in [3.8, 4) is 0 Å². The minimum absolute atomic E-state index is 0.0363. The molecule has 0 aromatic heterocycles. The smallest absolute Gasteiger partial charge is 0.126 e. The van der Waals surface area contributed by atoms with Crippen LogP contribution >= 0.6 is 0 Å². The topological polar surface area (TPSA) is 34.1 Å². The number of rotatable bonds is 5. The first kappa shape index (κ1) is 13.0. The Bertz CT molecular complexity index is 431. The van der Waals surface area contributed by atoms with E-state index in [2.05, 4.69) is 6.92 Å². The molecule has 0 aliphatic heterocycles. The molecular formula is C18H26O2. The van der Waals surface area contributed by atoms with Crippen molar-refractivity contribution in [2.75, 3.05) is 0 Å². The molecule has 0 spiro atoms. The van der Waals surface area contributed by atoms with Gasteiger partial charge in [-0.25, -0.2) is 0 Å². The predicted octanol–water partition coefficient (Wildman–Crippen LogP) is 3.49. The Morgan fingerprint density at radius 3 is 2.65 bits per heavy atom. The van der Waals surface area contributed by atoms with E-state index in [1.165, 1.54) is 32.0 Å². The van der Waals surface area contributed by atoms with Gasteiger partial charge in [0.2, 0.25) is 0 Å². The van der Waals surface area contributed by atoms with Crippen molar-refractivity contribution in [2.24, 2.45) is 46.8 Å². The molecule has 0 radical (unpaired) electrons. The maximum atomic E-state index is 11.7. The highest BCUT2D eigenvalue weighted by molar-refractivity contribution is 5.61. The van der Waals surface area contributed by atoms with Crippen molar-refractivity contribution in [3.05, 3.63) is 0 Å². The summed E-state index contributed by atoms with van der Waals surface area (Å²) in [7, 11) is 0. The van der Waals surface area contributed by atoms with Gasteiger partial charge < -0.3 is 9.59 Å². The molecule has 8 unspecified atom stereocenters. The minimum Gasteiger partial charge on any atom is -0.303 e. The highest BCUT2D eigenvalue weighted by atomic mass is 16.1. The molecule has 20 heavy (non-hydrogen) atoms. The summed E-state index contributed by atoms with van der Waals surface area (Å²) in [5, 5.41) is 0. The second kappa shape index (κ2) is 4.42. The number of fused-ring (bicyclic) bond motifs is 9. The van der Waals surface area contributed by atoms with Crippen LogP contribution in [-0.2, 0) is 9.59 Å². The van der Waals surface area contributed by atoms with Crippen molar-refractivity contribution < 1.29 is 9.59 Å². The van der Waals surface area contributed by atoms with E-state index in [1.807, 2.05) is 0 Å². The van der Waals surface area contributed by atoms with Crippen molar-refractivity contribution in [2.45, 2.75) is 51.9 Å². The lowest BCUT2D eigenvalue weighted by Crippen LogP contribution is -2.42. The molecule has 8 atom stereocenters. The third-order valence-corrected chi connectivity index (χ3v) is 7.76. The molecule has 4 bridgehead atoms. The Hall–Kier alpha value is -0.660. The molecule has 110 valence electrons. The largest absolute Gasteiger partial charge is 0.303 e. The van der Waals surface area contributed by atoms with E-state index in [0.29, 0.717) is 5.92 Å². The van der Waals surface area contributed by atoms with Gasteiger partial charge in [-0.05, 0) is 80.0 Å². The maximum absolute atomic E-state index is 11.7. The summed E-state index contributed by atoms with van der Waals surface area (Å²) in [5.41, 5.74) is 0.0363. The van der Waals surface area contributed by atoms with Gasteiger partial charge in [-0.1, -0.05) is 6.92 Å². The van der Waals surface area contributed by atoms with Gasteiger partial charge in [0.15, 0.2) is 0 Å². The molecule has 4 aliphatic carbocycles. The zero-order valence-electron chi connectivity index (χ0n) is 12.5. The van der Waals surface area contributed by atoms with Crippen molar-refractivity contribution in [1.29, 1.82) is 0 Å². The van der Waals surface area contributed by atoms with Crippen LogP contribution < -0.4 is 0 Å². The first-order chi connectivity index (χ1) is 9.74. The number of hydrogen-bond donors (Lipinski definition) is 0. The van der Waals surface area contributed by atoms with Gasteiger partial charge in [-0.3, -0.25) is 0 Å². The number of carbonyl (C=O) groups excluding carboxylic acids is 2. The van der Waals surface area contributed by atoms with E-state index in [0.717, 1.165) is 61.1 Å². The van der Waals surface area contributed by atoms with Crippen LogP contribution in [0.4, 0.5) is 0 Å². The molecule has 4 fully saturated rings. The van der Waals surface area contributed by atoms with Gasteiger partial charge in [-0.2, -0.15) is 0 Å². The Labute approximate surface area is 121 Å². The SMILES string of the molecule is CCC1(C=O)CC2CC1C1C3CC(CCC=O)C(C3)C21. The minimum atomic E-state index is 0.0363. The summed E-state index contributed by atoms with van der Waals surface area (Å²) in [4.78, 5) is 22.4. The molecule has 2 nitrogen and oxygen atoms in total. The summed E-state index contributed by atoms with van der Waals surface area (Å²) in [6.07, 6.45) is 10.6. The monoisotopic (exact) mass is 274 g/mol. The second-order valence-corrected chi connectivity index (χ2v) is 8.07. The van der Waals surface area contributed by atoms with Crippen LogP contribution in [0.15, 0.2) is 0 Å². The van der Waals surface area contributed by atoms with Gasteiger partial charge in [0.25, 0.3) is 0 Å². The number of hydrogen-bond acceptors (Lipinski definition) is 2.